The van der Waals surface area contributed by atoms with Crippen molar-refractivity contribution in [2.45, 2.75) is 20.3 Å². The van der Waals surface area contributed by atoms with Crippen LogP contribution in [0, 0.1) is 6.92 Å². The number of methoxy groups -OCH3 is 1. The quantitative estimate of drug-likeness (QED) is 0.688. The van der Waals surface area contributed by atoms with E-state index in [9.17, 15) is 9.90 Å². The van der Waals surface area contributed by atoms with Gasteiger partial charge < -0.3 is 9.84 Å². The molecule has 24 heavy (non-hydrogen) atoms. The van der Waals surface area contributed by atoms with Gasteiger partial charge in [0.25, 0.3) is 0 Å². The molecule has 0 atom stereocenters. The molecule has 2 heterocycles. The molecule has 0 aliphatic rings. The number of halogens is 1. The number of fused-ring (bicyclic) bond motifs is 1. The van der Waals surface area contributed by atoms with E-state index in [1.807, 2.05) is 6.92 Å². The molecule has 0 unspecified atom stereocenters. The fourth-order valence-corrected chi connectivity index (χ4v) is 3.25. The molecule has 0 bridgehead atoms. The molecule has 0 radical (unpaired) electrons. The highest BCUT2D eigenvalue weighted by Crippen LogP contribution is 2.30. The Hall–Kier alpha value is -2.34. The van der Waals surface area contributed by atoms with Crippen LogP contribution in [0.4, 0.5) is 0 Å². The van der Waals surface area contributed by atoms with E-state index in [4.69, 9.17) is 4.74 Å². The average molecular weight is 389 g/mol. The highest BCUT2D eigenvalue weighted by molar-refractivity contribution is 9.10. The van der Waals surface area contributed by atoms with Crippen LogP contribution in [-0.2, 0) is 6.42 Å². The average Bonchev–Trinajstić information content (AvgIpc) is 2.95. The summed E-state index contributed by atoms with van der Waals surface area (Å²) in [6.45, 7) is 3.73. The van der Waals surface area contributed by atoms with E-state index >= 15 is 0 Å². The van der Waals surface area contributed by atoms with E-state index in [2.05, 4.69) is 20.9 Å². The zero-order valence-electron chi connectivity index (χ0n) is 13.6. The van der Waals surface area contributed by atoms with Crippen molar-refractivity contribution in [2.75, 3.05) is 7.11 Å². The number of carbonyl (C=O) groups excluding carboxylic acids is 1. The van der Waals surface area contributed by atoms with Gasteiger partial charge >= 0.3 is 0 Å². The molecule has 0 aliphatic heterocycles. The van der Waals surface area contributed by atoms with Gasteiger partial charge in [0.15, 0.2) is 0 Å². The van der Waals surface area contributed by atoms with Crippen LogP contribution in [0.3, 0.4) is 0 Å². The molecule has 3 rings (SSSR count). The first-order chi connectivity index (χ1) is 11.5. The van der Waals surface area contributed by atoms with Gasteiger partial charge in [-0.3, -0.25) is 9.20 Å². The number of aromatic nitrogens is 2. The fraction of sp³-hybridized carbons (Fsp3) is 0.222. The third-order valence-electron chi connectivity index (χ3n) is 3.97. The van der Waals surface area contributed by atoms with Crippen molar-refractivity contribution < 1.29 is 14.6 Å². The van der Waals surface area contributed by atoms with Crippen LogP contribution in [0.5, 0.6) is 11.5 Å². The number of hydrogen-bond acceptors (Lipinski definition) is 4. The van der Waals surface area contributed by atoms with E-state index in [-0.39, 0.29) is 11.5 Å². The molecule has 2 aromatic heterocycles. The van der Waals surface area contributed by atoms with Gasteiger partial charge in [-0.15, -0.1) is 0 Å². The lowest BCUT2D eigenvalue weighted by molar-refractivity contribution is 0.103. The van der Waals surface area contributed by atoms with Gasteiger partial charge in [0.05, 0.1) is 17.3 Å². The fourth-order valence-electron chi connectivity index (χ4n) is 2.69. The Labute approximate surface area is 148 Å². The molecular weight excluding hydrogens is 372 g/mol. The van der Waals surface area contributed by atoms with Gasteiger partial charge in [-0.05, 0) is 53.0 Å². The van der Waals surface area contributed by atoms with Crippen LogP contribution in [0.2, 0.25) is 0 Å². The number of nitrogens with zero attached hydrogens (tertiary/aromatic N) is 2. The summed E-state index contributed by atoms with van der Waals surface area (Å²) in [5.74, 6) is 0.704. The summed E-state index contributed by atoms with van der Waals surface area (Å²) >= 11 is 3.29. The number of phenols is 1. The first kappa shape index (κ1) is 16.5. The molecular formula is C18H17BrN2O3. The van der Waals surface area contributed by atoms with Crippen LogP contribution in [0.25, 0.3) is 5.65 Å². The Balaban J connectivity index is 2.19. The molecule has 0 spiro atoms. The van der Waals surface area contributed by atoms with Gasteiger partial charge in [0.2, 0.25) is 5.78 Å². The summed E-state index contributed by atoms with van der Waals surface area (Å²) in [7, 11) is 1.60. The van der Waals surface area contributed by atoms with Crippen molar-refractivity contribution in [3.63, 3.8) is 0 Å². The number of imidazole rings is 1. The predicted octanol–water partition coefficient (Wildman–Crippen LogP) is 3.91. The number of hydrogen-bond donors (Lipinski definition) is 1. The number of pyridine rings is 1. The lowest BCUT2D eigenvalue weighted by Crippen LogP contribution is -2.08. The number of ketones is 1. The van der Waals surface area contributed by atoms with Crippen LogP contribution in [-0.4, -0.2) is 27.4 Å². The third kappa shape index (κ3) is 2.67. The SMILES string of the molecule is CCc1nc2cc(OC)ccn2c1C(=O)c1cc(C)c(O)c(Br)c1. The molecule has 6 heteroatoms. The molecule has 0 saturated heterocycles. The van der Waals surface area contributed by atoms with Crippen LogP contribution in [0.15, 0.2) is 34.9 Å². The Bertz CT molecular complexity index is 924. The van der Waals surface area contributed by atoms with E-state index in [1.54, 1.807) is 48.9 Å². The molecule has 124 valence electrons. The number of aryl methyl sites for hydroxylation is 2. The Morgan fingerprint density at radius 3 is 2.75 bits per heavy atom. The molecule has 1 N–H and O–H groups in total. The van der Waals surface area contributed by atoms with Gasteiger partial charge in [0, 0.05) is 17.8 Å². The van der Waals surface area contributed by atoms with Crippen molar-refractivity contribution in [3.8, 4) is 11.5 Å². The minimum absolute atomic E-state index is 0.131. The maximum atomic E-state index is 13.1. The maximum Gasteiger partial charge on any atom is 0.211 e. The molecule has 0 fully saturated rings. The maximum absolute atomic E-state index is 13.1. The minimum Gasteiger partial charge on any atom is -0.506 e. The van der Waals surface area contributed by atoms with E-state index < -0.39 is 0 Å². The number of benzene rings is 1. The summed E-state index contributed by atoms with van der Waals surface area (Å²) < 4.78 is 7.50. The normalized spacial score (nSPS) is 11.0. The van der Waals surface area contributed by atoms with Crippen LogP contribution < -0.4 is 4.74 Å². The lowest BCUT2D eigenvalue weighted by atomic mass is 10.0. The van der Waals surface area contributed by atoms with Crippen molar-refractivity contribution in [1.82, 2.24) is 9.38 Å². The molecule has 0 saturated carbocycles. The lowest BCUT2D eigenvalue weighted by Gasteiger charge is -2.08. The van der Waals surface area contributed by atoms with Gasteiger partial charge in [-0.2, -0.15) is 0 Å². The molecule has 3 aromatic rings. The van der Waals surface area contributed by atoms with E-state index in [0.717, 1.165) is 5.69 Å². The molecule has 1 aromatic carbocycles. The summed E-state index contributed by atoms with van der Waals surface area (Å²) in [6, 6.07) is 6.91. The second kappa shape index (κ2) is 6.28. The monoisotopic (exact) mass is 388 g/mol. The minimum atomic E-state index is -0.131. The van der Waals surface area contributed by atoms with Crippen LogP contribution in [0.1, 0.15) is 34.2 Å². The zero-order chi connectivity index (χ0) is 17.4. The van der Waals surface area contributed by atoms with E-state index in [1.165, 1.54) is 0 Å². The highest BCUT2D eigenvalue weighted by Gasteiger charge is 2.21. The van der Waals surface area contributed by atoms with E-state index in [0.29, 0.717) is 39.1 Å². The molecule has 5 nitrogen and oxygen atoms in total. The smallest absolute Gasteiger partial charge is 0.211 e. The summed E-state index contributed by atoms with van der Waals surface area (Å²) in [6.07, 6.45) is 2.43. The Morgan fingerprint density at radius 1 is 1.38 bits per heavy atom. The Morgan fingerprint density at radius 2 is 2.12 bits per heavy atom. The highest BCUT2D eigenvalue weighted by atomic mass is 79.9. The topological polar surface area (TPSA) is 63.8 Å². The second-order valence-electron chi connectivity index (χ2n) is 5.51. The summed E-state index contributed by atoms with van der Waals surface area (Å²) in [4.78, 5) is 17.6. The second-order valence-corrected chi connectivity index (χ2v) is 6.36. The number of aromatic hydroxyl groups is 1. The van der Waals surface area contributed by atoms with Crippen molar-refractivity contribution in [3.05, 3.63) is 57.4 Å². The van der Waals surface area contributed by atoms with Gasteiger partial charge in [0.1, 0.15) is 22.8 Å². The number of phenolic OH excluding ortho intramolecular Hbond substituents is 1. The standard InChI is InChI=1S/C18H17BrN2O3/c1-4-14-16(21-6-5-12(24-3)9-15(21)20-14)18(23)11-7-10(2)17(22)13(19)8-11/h5-9,22H,4H2,1-3H3. The van der Waals surface area contributed by atoms with Gasteiger partial charge in [-0.1, -0.05) is 6.92 Å². The first-order valence-corrected chi connectivity index (χ1v) is 8.34. The number of rotatable bonds is 4. The first-order valence-electron chi connectivity index (χ1n) is 7.55. The molecule has 0 aliphatic carbocycles. The van der Waals surface area contributed by atoms with Gasteiger partial charge in [-0.25, -0.2) is 4.98 Å². The van der Waals surface area contributed by atoms with Crippen molar-refractivity contribution >= 4 is 27.4 Å². The largest absolute Gasteiger partial charge is 0.506 e. The van der Waals surface area contributed by atoms with Crippen molar-refractivity contribution in [2.24, 2.45) is 0 Å². The zero-order valence-corrected chi connectivity index (χ0v) is 15.2. The predicted molar refractivity (Wildman–Crippen MR) is 95.1 cm³/mol. The van der Waals surface area contributed by atoms with Crippen molar-refractivity contribution in [1.29, 1.82) is 0 Å². The number of carbonyl (C=O) groups is 1. The third-order valence-corrected chi connectivity index (χ3v) is 4.58. The van der Waals surface area contributed by atoms with Crippen LogP contribution >= 0.6 is 15.9 Å². The summed E-state index contributed by atoms with van der Waals surface area (Å²) in [5.41, 5.74) is 3.08. The molecule has 0 amide bonds. The number of ether oxygens (including phenoxy) is 1. The Kier molecular flexibility index (Phi) is 4.32. The summed E-state index contributed by atoms with van der Waals surface area (Å²) in [5, 5.41) is 9.88.